The summed E-state index contributed by atoms with van der Waals surface area (Å²) in [5, 5.41) is 5.18. The van der Waals surface area contributed by atoms with Gasteiger partial charge in [0.1, 0.15) is 11.5 Å². The molecule has 0 saturated heterocycles. The first-order valence-corrected chi connectivity index (χ1v) is 6.77. The molecule has 0 radical (unpaired) electrons. The normalized spacial score (nSPS) is 10.5. The number of hydrogen-bond donors (Lipinski definition) is 2. The van der Waals surface area contributed by atoms with Crippen LogP contribution in [0.25, 0.3) is 0 Å². The van der Waals surface area contributed by atoms with Crippen LogP contribution in [0, 0.1) is 5.82 Å². The fraction of sp³-hybridized carbons (Fsp3) is 0.167. The number of benzene rings is 1. The molecular formula is C12H11ClFN3OS. The van der Waals surface area contributed by atoms with Crippen molar-refractivity contribution in [3.8, 4) is 0 Å². The summed E-state index contributed by atoms with van der Waals surface area (Å²) in [5.74, 6) is -0.838. The van der Waals surface area contributed by atoms with Crippen molar-refractivity contribution in [2.45, 2.75) is 6.42 Å². The number of rotatable bonds is 4. The lowest BCUT2D eigenvalue weighted by molar-refractivity contribution is 0.102. The highest BCUT2D eigenvalue weighted by Crippen LogP contribution is 2.23. The summed E-state index contributed by atoms with van der Waals surface area (Å²) in [6, 6.07) is 3.77. The van der Waals surface area contributed by atoms with Crippen LogP contribution >= 0.6 is 22.9 Å². The van der Waals surface area contributed by atoms with Crippen molar-refractivity contribution >= 4 is 34.5 Å². The van der Waals surface area contributed by atoms with E-state index in [1.807, 2.05) is 0 Å². The summed E-state index contributed by atoms with van der Waals surface area (Å²) >= 11 is 7.20. The van der Waals surface area contributed by atoms with Gasteiger partial charge in [0.2, 0.25) is 0 Å². The van der Waals surface area contributed by atoms with Crippen LogP contribution in [0.4, 0.5) is 10.1 Å². The molecular weight excluding hydrogens is 289 g/mol. The van der Waals surface area contributed by atoms with Gasteiger partial charge in [-0.3, -0.25) is 4.79 Å². The number of hydrogen-bond acceptors (Lipinski definition) is 4. The number of halogens is 2. The molecule has 1 aromatic carbocycles. The number of carbonyl (C=O) groups excluding carboxylic acids is 1. The van der Waals surface area contributed by atoms with E-state index in [1.165, 1.54) is 23.5 Å². The Morgan fingerprint density at radius 3 is 3.00 bits per heavy atom. The number of anilines is 1. The lowest BCUT2D eigenvalue weighted by atomic mass is 10.3. The Bertz CT molecular complexity index is 602. The second-order valence-electron chi connectivity index (χ2n) is 3.74. The summed E-state index contributed by atoms with van der Waals surface area (Å²) in [5.41, 5.74) is 6.07. The van der Waals surface area contributed by atoms with Crippen molar-refractivity contribution in [1.29, 1.82) is 0 Å². The Kier molecular flexibility index (Phi) is 4.47. The standard InChI is InChI=1S/C12H11ClFN3OS/c13-8-5-7(14)1-2-9(8)17-12(18)10-6-19-11(16-10)3-4-15/h1-2,5-6H,3-4,15H2,(H,17,18). The third-order valence-corrected chi connectivity index (χ3v) is 3.54. The van der Waals surface area contributed by atoms with Gasteiger partial charge >= 0.3 is 0 Å². The van der Waals surface area contributed by atoms with Crippen molar-refractivity contribution in [1.82, 2.24) is 4.98 Å². The number of nitrogens with one attached hydrogen (secondary N) is 1. The summed E-state index contributed by atoms with van der Waals surface area (Å²) in [4.78, 5) is 16.1. The minimum atomic E-state index is -0.457. The molecule has 100 valence electrons. The second kappa shape index (κ2) is 6.10. The van der Waals surface area contributed by atoms with Gasteiger partial charge in [-0.2, -0.15) is 0 Å². The molecule has 1 heterocycles. The maximum atomic E-state index is 12.9. The zero-order chi connectivity index (χ0) is 13.8. The first-order valence-electron chi connectivity index (χ1n) is 5.51. The molecule has 0 fully saturated rings. The van der Waals surface area contributed by atoms with E-state index < -0.39 is 5.82 Å². The van der Waals surface area contributed by atoms with E-state index in [4.69, 9.17) is 17.3 Å². The number of aromatic nitrogens is 1. The van der Waals surface area contributed by atoms with Gasteiger partial charge in [0, 0.05) is 11.8 Å². The molecule has 0 unspecified atom stereocenters. The van der Waals surface area contributed by atoms with Crippen molar-refractivity contribution in [2.75, 3.05) is 11.9 Å². The monoisotopic (exact) mass is 299 g/mol. The summed E-state index contributed by atoms with van der Waals surface area (Å²) < 4.78 is 12.9. The molecule has 3 N–H and O–H groups in total. The van der Waals surface area contributed by atoms with Crippen LogP contribution in [0.5, 0.6) is 0 Å². The molecule has 0 atom stereocenters. The molecule has 0 aliphatic heterocycles. The highest BCUT2D eigenvalue weighted by molar-refractivity contribution is 7.09. The SMILES string of the molecule is NCCc1nc(C(=O)Nc2ccc(F)cc2Cl)cs1. The molecule has 0 bridgehead atoms. The number of carbonyl (C=O) groups is 1. The highest BCUT2D eigenvalue weighted by atomic mass is 35.5. The van der Waals surface area contributed by atoms with Gasteiger partial charge in [-0.1, -0.05) is 11.6 Å². The lowest BCUT2D eigenvalue weighted by Gasteiger charge is -2.05. The van der Waals surface area contributed by atoms with Crippen molar-refractivity contribution in [3.63, 3.8) is 0 Å². The van der Waals surface area contributed by atoms with Crippen LogP contribution in [0.1, 0.15) is 15.5 Å². The second-order valence-corrected chi connectivity index (χ2v) is 5.09. The predicted octanol–water partition coefficient (Wildman–Crippen LogP) is 2.69. The average Bonchev–Trinajstić information content (AvgIpc) is 2.82. The van der Waals surface area contributed by atoms with Gasteiger partial charge in [0.05, 0.1) is 15.7 Å². The lowest BCUT2D eigenvalue weighted by Crippen LogP contribution is -2.13. The van der Waals surface area contributed by atoms with Crippen molar-refractivity contribution < 1.29 is 9.18 Å². The van der Waals surface area contributed by atoms with Gasteiger partial charge in [-0.05, 0) is 24.7 Å². The summed E-state index contributed by atoms with van der Waals surface area (Å²) in [6.45, 7) is 0.484. The molecule has 4 nitrogen and oxygen atoms in total. The zero-order valence-corrected chi connectivity index (χ0v) is 11.4. The fourth-order valence-corrected chi connectivity index (χ4v) is 2.44. The summed E-state index contributed by atoms with van der Waals surface area (Å²) in [7, 11) is 0. The van der Waals surface area contributed by atoms with E-state index in [-0.39, 0.29) is 10.9 Å². The molecule has 7 heteroatoms. The molecule has 0 aliphatic carbocycles. The Morgan fingerprint density at radius 1 is 1.53 bits per heavy atom. The van der Waals surface area contributed by atoms with E-state index in [0.29, 0.717) is 24.3 Å². The summed E-state index contributed by atoms with van der Waals surface area (Å²) in [6.07, 6.45) is 0.634. The van der Waals surface area contributed by atoms with Crippen LogP contribution in [0.15, 0.2) is 23.6 Å². The van der Waals surface area contributed by atoms with Crippen LogP contribution in [-0.4, -0.2) is 17.4 Å². The molecule has 2 aromatic rings. The minimum Gasteiger partial charge on any atom is -0.330 e. The Labute approximate surface area is 118 Å². The van der Waals surface area contributed by atoms with Crippen LogP contribution in [0.3, 0.4) is 0 Å². The largest absolute Gasteiger partial charge is 0.330 e. The molecule has 2 rings (SSSR count). The predicted molar refractivity (Wildman–Crippen MR) is 74.2 cm³/mol. The third-order valence-electron chi connectivity index (χ3n) is 2.32. The Hall–Kier alpha value is -1.50. The quantitative estimate of drug-likeness (QED) is 0.912. The molecule has 0 saturated carbocycles. The molecule has 1 amide bonds. The fourth-order valence-electron chi connectivity index (χ4n) is 1.43. The van der Waals surface area contributed by atoms with Gasteiger partial charge in [0.15, 0.2) is 0 Å². The maximum absolute atomic E-state index is 12.9. The maximum Gasteiger partial charge on any atom is 0.275 e. The van der Waals surface area contributed by atoms with E-state index >= 15 is 0 Å². The number of nitrogens with zero attached hydrogens (tertiary/aromatic N) is 1. The van der Waals surface area contributed by atoms with Crippen LogP contribution < -0.4 is 11.1 Å². The van der Waals surface area contributed by atoms with Gasteiger partial charge in [-0.15, -0.1) is 11.3 Å². The number of nitrogens with two attached hydrogens (primary N) is 1. The number of thiazole rings is 1. The highest BCUT2D eigenvalue weighted by Gasteiger charge is 2.12. The molecule has 0 spiro atoms. The van der Waals surface area contributed by atoms with Crippen LogP contribution in [-0.2, 0) is 6.42 Å². The minimum absolute atomic E-state index is 0.144. The van der Waals surface area contributed by atoms with Crippen LogP contribution in [0.2, 0.25) is 5.02 Å². The van der Waals surface area contributed by atoms with Gasteiger partial charge in [-0.25, -0.2) is 9.37 Å². The van der Waals surface area contributed by atoms with Gasteiger partial charge in [0.25, 0.3) is 5.91 Å². The molecule has 0 aliphatic rings. The first-order chi connectivity index (χ1) is 9.10. The van der Waals surface area contributed by atoms with Crippen molar-refractivity contribution in [3.05, 3.63) is 45.1 Å². The topological polar surface area (TPSA) is 68.0 Å². The van der Waals surface area contributed by atoms with E-state index in [9.17, 15) is 9.18 Å². The van der Waals surface area contributed by atoms with Gasteiger partial charge < -0.3 is 11.1 Å². The zero-order valence-electron chi connectivity index (χ0n) is 9.82. The Morgan fingerprint density at radius 2 is 2.32 bits per heavy atom. The van der Waals surface area contributed by atoms with E-state index in [1.54, 1.807) is 5.38 Å². The van der Waals surface area contributed by atoms with E-state index in [2.05, 4.69) is 10.3 Å². The van der Waals surface area contributed by atoms with E-state index in [0.717, 1.165) is 11.1 Å². The number of amides is 1. The van der Waals surface area contributed by atoms with Crippen molar-refractivity contribution in [2.24, 2.45) is 5.73 Å². The Balaban J connectivity index is 2.11. The third kappa shape index (κ3) is 3.50. The smallest absolute Gasteiger partial charge is 0.275 e. The molecule has 1 aromatic heterocycles. The molecule has 19 heavy (non-hydrogen) atoms. The first kappa shape index (κ1) is 13.9. The average molecular weight is 300 g/mol.